The number of amides is 1. The number of hydrogen-bond donors (Lipinski definition) is 0. The van der Waals surface area contributed by atoms with Crippen LogP contribution in [0.3, 0.4) is 0 Å². The van der Waals surface area contributed by atoms with Crippen molar-refractivity contribution in [3.8, 4) is 0 Å². The van der Waals surface area contributed by atoms with Crippen molar-refractivity contribution in [3.63, 3.8) is 0 Å². The maximum atomic E-state index is 11.6. The Kier molecular flexibility index (Phi) is 5.40. The van der Waals surface area contributed by atoms with E-state index in [1.54, 1.807) is 0 Å². The molecule has 0 atom stereocenters. The highest BCUT2D eigenvalue weighted by molar-refractivity contribution is 9.09. The first-order valence-corrected chi connectivity index (χ1v) is 6.27. The lowest BCUT2D eigenvalue weighted by atomic mass is 10.2. The lowest BCUT2D eigenvalue weighted by Crippen LogP contribution is -2.31. The fraction of sp³-hybridized carbons (Fsp3) is 0.417. The number of hydrogen-bond acceptors (Lipinski definition) is 1. The van der Waals surface area contributed by atoms with Crippen LogP contribution in [0.15, 0.2) is 30.3 Å². The van der Waals surface area contributed by atoms with Gasteiger partial charge in [0.15, 0.2) is 0 Å². The molecule has 0 N–H and O–H groups in total. The highest BCUT2D eigenvalue weighted by Gasteiger charge is 2.10. The Morgan fingerprint density at radius 2 is 2.00 bits per heavy atom. The topological polar surface area (TPSA) is 20.3 Å². The molecule has 0 unspecified atom stereocenters. The lowest BCUT2D eigenvalue weighted by Gasteiger charge is -2.21. The van der Waals surface area contributed by atoms with E-state index in [4.69, 9.17) is 0 Å². The maximum absolute atomic E-state index is 11.6. The third-order valence-electron chi connectivity index (χ3n) is 2.18. The average Bonchev–Trinajstić information content (AvgIpc) is 2.29. The SMILES string of the molecule is CCCN(Cc1ccccc1)C(=O)CBr. The zero-order valence-corrected chi connectivity index (χ0v) is 10.5. The largest absolute Gasteiger partial charge is 0.338 e. The van der Waals surface area contributed by atoms with Gasteiger partial charge in [0.1, 0.15) is 0 Å². The summed E-state index contributed by atoms with van der Waals surface area (Å²) in [4.78, 5) is 13.5. The smallest absolute Gasteiger partial charge is 0.233 e. The van der Waals surface area contributed by atoms with Gasteiger partial charge in [0, 0.05) is 13.1 Å². The molecular weight excluding hydrogens is 254 g/mol. The summed E-state index contributed by atoms with van der Waals surface area (Å²) in [5.41, 5.74) is 1.18. The summed E-state index contributed by atoms with van der Waals surface area (Å²) < 4.78 is 0. The molecular formula is C12H16BrNO. The Hall–Kier alpha value is -0.830. The minimum atomic E-state index is 0.153. The molecule has 1 aromatic rings. The van der Waals surface area contributed by atoms with Crippen LogP contribution in [0.4, 0.5) is 0 Å². The summed E-state index contributed by atoms with van der Waals surface area (Å²) in [5.74, 6) is 0.153. The van der Waals surface area contributed by atoms with Crippen molar-refractivity contribution in [2.24, 2.45) is 0 Å². The second-order valence-corrected chi connectivity index (χ2v) is 4.00. The van der Waals surface area contributed by atoms with Crippen molar-refractivity contribution in [1.29, 1.82) is 0 Å². The first-order chi connectivity index (χ1) is 7.27. The fourth-order valence-corrected chi connectivity index (χ4v) is 1.80. The third-order valence-corrected chi connectivity index (χ3v) is 2.66. The minimum absolute atomic E-state index is 0.153. The molecule has 15 heavy (non-hydrogen) atoms. The summed E-state index contributed by atoms with van der Waals surface area (Å²) >= 11 is 3.21. The van der Waals surface area contributed by atoms with E-state index >= 15 is 0 Å². The van der Waals surface area contributed by atoms with Gasteiger partial charge in [-0.25, -0.2) is 0 Å². The Labute approximate surface area is 99.4 Å². The Morgan fingerprint density at radius 1 is 1.33 bits per heavy atom. The number of carbonyl (C=O) groups is 1. The Balaban J connectivity index is 2.62. The molecule has 3 heteroatoms. The van der Waals surface area contributed by atoms with Crippen LogP contribution in [0.2, 0.25) is 0 Å². The van der Waals surface area contributed by atoms with Crippen molar-refractivity contribution in [1.82, 2.24) is 4.90 Å². The molecule has 1 amide bonds. The molecule has 0 heterocycles. The van der Waals surface area contributed by atoms with Crippen molar-refractivity contribution in [3.05, 3.63) is 35.9 Å². The molecule has 0 aromatic heterocycles. The van der Waals surface area contributed by atoms with E-state index in [9.17, 15) is 4.79 Å². The van der Waals surface area contributed by atoms with Gasteiger partial charge in [0.05, 0.1) is 5.33 Å². The lowest BCUT2D eigenvalue weighted by molar-refractivity contribution is -0.128. The number of halogens is 1. The maximum Gasteiger partial charge on any atom is 0.233 e. The van der Waals surface area contributed by atoms with Crippen molar-refractivity contribution >= 4 is 21.8 Å². The average molecular weight is 270 g/mol. The zero-order chi connectivity index (χ0) is 11.1. The van der Waals surface area contributed by atoms with Crippen molar-refractivity contribution in [2.45, 2.75) is 19.9 Å². The standard InChI is InChI=1S/C12H16BrNO/c1-2-8-14(12(15)9-13)10-11-6-4-3-5-7-11/h3-7H,2,8-10H2,1H3. The molecule has 0 saturated carbocycles. The van der Waals surface area contributed by atoms with Crippen molar-refractivity contribution < 1.29 is 4.79 Å². The second kappa shape index (κ2) is 6.62. The van der Waals surface area contributed by atoms with Crippen LogP contribution in [-0.4, -0.2) is 22.7 Å². The molecule has 0 radical (unpaired) electrons. The van der Waals surface area contributed by atoms with Crippen LogP contribution >= 0.6 is 15.9 Å². The highest BCUT2D eigenvalue weighted by Crippen LogP contribution is 2.06. The quantitative estimate of drug-likeness (QED) is 0.753. The predicted octanol–water partition coefficient (Wildman–Crippen LogP) is 2.82. The molecule has 82 valence electrons. The predicted molar refractivity (Wildman–Crippen MR) is 65.9 cm³/mol. The van der Waals surface area contributed by atoms with Gasteiger partial charge in [-0.2, -0.15) is 0 Å². The van der Waals surface area contributed by atoms with Crippen LogP contribution in [0.5, 0.6) is 0 Å². The monoisotopic (exact) mass is 269 g/mol. The third kappa shape index (κ3) is 4.04. The van der Waals surface area contributed by atoms with E-state index in [-0.39, 0.29) is 5.91 Å². The molecule has 0 saturated heterocycles. The first-order valence-electron chi connectivity index (χ1n) is 5.15. The Morgan fingerprint density at radius 3 is 2.53 bits per heavy atom. The van der Waals surface area contributed by atoms with Crippen molar-refractivity contribution in [2.75, 3.05) is 11.9 Å². The highest BCUT2D eigenvalue weighted by atomic mass is 79.9. The summed E-state index contributed by atoms with van der Waals surface area (Å²) in [7, 11) is 0. The number of alkyl halides is 1. The molecule has 0 aliphatic rings. The van der Waals surface area contributed by atoms with E-state index in [0.717, 1.165) is 13.0 Å². The number of rotatable bonds is 5. The van der Waals surface area contributed by atoms with Gasteiger partial charge in [0.2, 0.25) is 5.91 Å². The minimum Gasteiger partial charge on any atom is -0.338 e. The normalized spacial score (nSPS) is 10.0. The molecule has 0 spiro atoms. The van der Waals surface area contributed by atoms with Crippen LogP contribution < -0.4 is 0 Å². The van der Waals surface area contributed by atoms with Gasteiger partial charge in [-0.15, -0.1) is 0 Å². The van der Waals surface area contributed by atoms with Gasteiger partial charge in [-0.05, 0) is 12.0 Å². The first kappa shape index (κ1) is 12.2. The van der Waals surface area contributed by atoms with E-state index in [1.807, 2.05) is 35.2 Å². The molecule has 1 rings (SSSR count). The number of nitrogens with zero attached hydrogens (tertiary/aromatic N) is 1. The van der Waals surface area contributed by atoms with E-state index in [0.29, 0.717) is 11.9 Å². The van der Waals surface area contributed by atoms with Gasteiger partial charge in [-0.1, -0.05) is 53.2 Å². The summed E-state index contributed by atoms with van der Waals surface area (Å²) in [5, 5.41) is 0.403. The molecule has 1 aromatic carbocycles. The second-order valence-electron chi connectivity index (χ2n) is 3.43. The summed E-state index contributed by atoms with van der Waals surface area (Å²) in [6.45, 7) is 3.61. The molecule has 2 nitrogen and oxygen atoms in total. The van der Waals surface area contributed by atoms with E-state index in [2.05, 4.69) is 22.9 Å². The fourth-order valence-electron chi connectivity index (χ4n) is 1.45. The van der Waals surface area contributed by atoms with Crippen LogP contribution in [0.1, 0.15) is 18.9 Å². The summed E-state index contributed by atoms with van der Waals surface area (Å²) in [6.07, 6.45) is 0.992. The molecule has 0 bridgehead atoms. The van der Waals surface area contributed by atoms with Crippen LogP contribution in [-0.2, 0) is 11.3 Å². The van der Waals surface area contributed by atoms with Crippen LogP contribution in [0, 0.1) is 0 Å². The van der Waals surface area contributed by atoms with Gasteiger partial charge >= 0.3 is 0 Å². The van der Waals surface area contributed by atoms with Gasteiger partial charge < -0.3 is 4.90 Å². The van der Waals surface area contributed by atoms with Gasteiger partial charge in [-0.3, -0.25) is 4.79 Å². The van der Waals surface area contributed by atoms with E-state index in [1.165, 1.54) is 5.56 Å². The van der Waals surface area contributed by atoms with E-state index < -0.39 is 0 Å². The Bertz CT molecular complexity index is 300. The zero-order valence-electron chi connectivity index (χ0n) is 8.95. The van der Waals surface area contributed by atoms with Crippen LogP contribution in [0.25, 0.3) is 0 Å². The molecule has 0 fully saturated rings. The summed E-state index contributed by atoms with van der Waals surface area (Å²) in [6, 6.07) is 10.1. The number of carbonyl (C=O) groups excluding carboxylic acids is 1. The van der Waals surface area contributed by atoms with Gasteiger partial charge in [0.25, 0.3) is 0 Å². The molecule has 0 aliphatic carbocycles. The number of benzene rings is 1. The molecule has 0 aliphatic heterocycles.